The minimum absolute atomic E-state index is 0.179. The first-order valence-corrected chi connectivity index (χ1v) is 8.38. The zero-order valence-corrected chi connectivity index (χ0v) is 15.2. The van der Waals surface area contributed by atoms with Crippen molar-refractivity contribution in [3.63, 3.8) is 0 Å². The molecule has 0 spiro atoms. The highest BCUT2D eigenvalue weighted by Crippen LogP contribution is 2.31. The molecule has 1 aliphatic rings. The number of rotatable bonds is 6. The van der Waals surface area contributed by atoms with E-state index < -0.39 is 12.1 Å². The van der Waals surface area contributed by atoms with Crippen LogP contribution < -0.4 is 14.8 Å². The van der Waals surface area contributed by atoms with Crippen molar-refractivity contribution < 1.29 is 23.8 Å². The van der Waals surface area contributed by atoms with E-state index in [-0.39, 0.29) is 17.9 Å². The molecule has 0 saturated heterocycles. The summed E-state index contributed by atoms with van der Waals surface area (Å²) in [6, 6.07) is 6.81. The van der Waals surface area contributed by atoms with Gasteiger partial charge in [0, 0.05) is 7.05 Å². The number of nitrogens with one attached hydrogen (secondary N) is 1. The van der Waals surface area contributed by atoms with Gasteiger partial charge in [0.2, 0.25) is 5.91 Å². The number of benzene rings is 1. The number of nitrogens with zero attached hydrogens (tertiary/aromatic N) is 1. The molecule has 2 amide bonds. The highest BCUT2D eigenvalue weighted by atomic mass is 16.6. The minimum atomic E-state index is -0.630. The summed E-state index contributed by atoms with van der Waals surface area (Å²) in [5.74, 6) is 1.45. The zero-order chi connectivity index (χ0) is 18.4. The monoisotopic (exact) mass is 350 g/mol. The number of likely N-dealkylation sites (N-methyl/N-ethyl adjacent to an activating group) is 1. The summed E-state index contributed by atoms with van der Waals surface area (Å²) in [4.78, 5) is 25.8. The third-order valence-corrected chi connectivity index (χ3v) is 3.90. The molecule has 0 bridgehead atoms. The van der Waals surface area contributed by atoms with Crippen LogP contribution in [0, 0.1) is 5.92 Å². The van der Waals surface area contributed by atoms with Crippen LogP contribution in [0.2, 0.25) is 0 Å². The van der Waals surface area contributed by atoms with Crippen molar-refractivity contribution >= 4 is 12.0 Å². The highest BCUT2D eigenvalue weighted by Gasteiger charge is 2.29. The molecule has 25 heavy (non-hydrogen) atoms. The first-order valence-electron chi connectivity index (χ1n) is 8.38. The van der Waals surface area contributed by atoms with Gasteiger partial charge >= 0.3 is 6.09 Å². The van der Waals surface area contributed by atoms with Gasteiger partial charge in [0.05, 0.1) is 13.7 Å². The van der Waals surface area contributed by atoms with Gasteiger partial charge in [-0.3, -0.25) is 4.79 Å². The van der Waals surface area contributed by atoms with E-state index >= 15 is 0 Å². The Labute approximate surface area is 148 Å². The van der Waals surface area contributed by atoms with Crippen molar-refractivity contribution in [1.29, 1.82) is 0 Å². The summed E-state index contributed by atoms with van der Waals surface area (Å²) in [5.41, 5.74) is 0. The Morgan fingerprint density at radius 3 is 2.64 bits per heavy atom. The van der Waals surface area contributed by atoms with Crippen LogP contribution in [0.3, 0.4) is 0 Å². The molecule has 138 valence electrons. The molecule has 1 aromatic carbocycles. The number of carbonyl (C=O) groups is 2. The fraction of sp³-hybridized carbons (Fsp3) is 0.556. The average molecular weight is 350 g/mol. The number of alkyl carbamates (subject to hydrolysis) is 1. The van der Waals surface area contributed by atoms with E-state index in [1.807, 2.05) is 38.1 Å². The number of ether oxygens (including phenoxy) is 3. The molecular weight excluding hydrogens is 324 g/mol. The predicted octanol–water partition coefficient (Wildman–Crippen LogP) is 2.06. The van der Waals surface area contributed by atoms with E-state index in [0.29, 0.717) is 31.1 Å². The smallest absolute Gasteiger partial charge is 0.407 e. The molecule has 7 nitrogen and oxygen atoms in total. The average Bonchev–Trinajstić information content (AvgIpc) is 2.59. The maximum absolute atomic E-state index is 12.7. The van der Waals surface area contributed by atoms with Crippen LogP contribution in [-0.2, 0) is 9.53 Å². The Morgan fingerprint density at radius 1 is 1.32 bits per heavy atom. The maximum atomic E-state index is 12.7. The molecule has 7 heteroatoms. The summed E-state index contributed by atoms with van der Waals surface area (Å²) in [6.45, 7) is 4.72. The van der Waals surface area contributed by atoms with E-state index in [1.165, 1.54) is 7.11 Å². The van der Waals surface area contributed by atoms with Crippen molar-refractivity contribution in [3.05, 3.63) is 24.3 Å². The van der Waals surface area contributed by atoms with Crippen LogP contribution in [0.15, 0.2) is 24.3 Å². The molecule has 0 saturated carbocycles. The highest BCUT2D eigenvalue weighted by molar-refractivity contribution is 5.85. The zero-order valence-electron chi connectivity index (χ0n) is 15.2. The molecule has 1 aliphatic heterocycles. The molecule has 0 aliphatic carbocycles. The van der Waals surface area contributed by atoms with Crippen molar-refractivity contribution in [1.82, 2.24) is 10.2 Å². The second-order valence-corrected chi connectivity index (χ2v) is 6.53. The molecular formula is C18H26N2O5. The van der Waals surface area contributed by atoms with Crippen LogP contribution in [-0.4, -0.2) is 56.4 Å². The Bertz CT molecular complexity index is 605. The van der Waals surface area contributed by atoms with Gasteiger partial charge in [0.1, 0.15) is 12.6 Å². The van der Waals surface area contributed by atoms with E-state index in [9.17, 15) is 9.59 Å². The Hall–Kier alpha value is -2.44. The fourth-order valence-corrected chi connectivity index (χ4v) is 2.71. The predicted molar refractivity (Wildman–Crippen MR) is 92.8 cm³/mol. The molecule has 1 N–H and O–H groups in total. The first kappa shape index (κ1) is 18.9. The summed E-state index contributed by atoms with van der Waals surface area (Å²) in [7, 11) is 2.97. The second kappa shape index (κ2) is 8.60. The van der Waals surface area contributed by atoms with Gasteiger partial charge in [-0.2, -0.15) is 0 Å². The van der Waals surface area contributed by atoms with Gasteiger partial charge in [-0.25, -0.2) is 4.79 Å². The fourth-order valence-electron chi connectivity index (χ4n) is 2.71. The summed E-state index contributed by atoms with van der Waals surface area (Å²) >= 11 is 0. The molecule has 1 heterocycles. The number of carbonyl (C=O) groups excluding carboxylic acids is 2. The van der Waals surface area contributed by atoms with Gasteiger partial charge in [0.15, 0.2) is 17.6 Å². The summed E-state index contributed by atoms with van der Waals surface area (Å²) in [5, 5.41) is 2.61. The topological polar surface area (TPSA) is 77.1 Å². The van der Waals surface area contributed by atoms with Crippen molar-refractivity contribution in [2.24, 2.45) is 5.92 Å². The third-order valence-electron chi connectivity index (χ3n) is 3.90. The lowest BCUT2D eigenvalue weighted by Gasteiger charge is -2.31. The lowest BCUT2D eigenvalue weighted by atomic mass is 10.0. The van der Waals surface area contributed by atoms with Gasteiger partial charge in [0.25, 0.3) is 0 Å². The quantitative estimate of drug-likeness (QED) is 0.850. The SMILES string of the molecule is COC(=O)NC(CC(C)C)C(=O)N(C)CC1COc2ccccc2O1. The normalized spacial score (nSPS) is 16.9. The largest absolute Gasteiger partial charge is 0.486 e. The molecule has 2 rings (SSSR count). The van der Waals surface area contributed by atoms with E-state index in [2.05, 4.69) is 10.1 Å². The van der Waals surface area contributed by atoms with Crippen LogP contribution in [0.5, 0.6) is 11.5 Å². The van der Waals surface area contributed by atoms with E-state index in [4.69, 9.17) is 9.47 Å². The second-order valence-electron chi connectivity index (χ2n) is 6.53. The molecule has 0 aromatic heterocycles. The molecule has 2 unspecified atom stereocenters. The number of methoxy groups -OCH3 is 1. The number of hydrogen-bond donors (Lipinski definition) is 1. The number of amides is 2. The van der Waals surface area contributed by atoms with Gasteiger partial charge < -0.3 is 24.4 Å². The third kappa shape index (κ3) is 5.27. The first-order chi connectivity index (χ1) is 11.9. The standard InChI is InChI=1S/C18H26N2O5/c1-12(2)9-14(19-18(22)23-4)17(21)20(3)10-13-11-24-15-7-5-6-8-16(15)25-13/h5-8,12-14H,9-11H2,1-4H3,(H,19,22). The lowest BCUT2D eigenvalue weighted by Crippen LogP contribution is -2.51. The van der Waals surface area contributed by atoms with Crippen LogP contribution in [0.25, 0.3) is 0 Å². The summed E-state index contributed by atoms with van der Waals surface area (Å²) < 4.78 is 16.2. The van der Waals surface area contributed by atoms with Crippen LogP contribution >= 0.6 is 0 Å². The number of para-hydroxylation sites is 2. The van der Waals surface area contributed by atoms with Crippen molar-refractivity contribution in [2.75, 3.05) is 27.3 Å². The van der Waals surface area contributed by atoms with Gasteiger partial charge in [-0.05, 0) is 24.5 Å². The van der Waals surface area contributed by atoms with E-state index in [1.54, 1.807) is 11.9 Å². The Morgan fingerprint density at radius 2 is 2.00 bits per heavy atom. The van der Waals surface area contributed by atoms with Crippen molar-refractivity contribution in [3.8, 4) is 11.5 Å². The van der Waals surface area contributed by atoms with Crippen molar-refractivity contribution in [2.45, 2.75) is 32.4 Å². The Kier molecular flexibility index (Phi) is 6.50. The molecule has 1 aromatic rings. The van der Waals surface area contributed by atoms with Crippen LogP contribution in [0.4, 0.5) is 4.79 Å². The van der Waals surface area contributed by atoms with Gasteiger partial charge in [-0.1, -0.05) is 26.0 Å². The number of fused-ring (bicyclic) bond motifs is 1. The summed E-state index contributed by atoms with van der Waals surface area (Å²) in [6.07, 6.45) is -0.344. The maximum Gasteiger partial charge on any atom is 0.407 e. The van der Waals surface area contributed by atoms with Gasteiger partial charge in [-0.15, -0.1) is 0 Å². The Balaban J connectivity index is 1.96. The number of hydrogen-bond acceptors (Lipinski definition) is 5. The van der Waals surface area contributed by atoms with Crippen LogP contribution in [0.1, 0.15) is 20.3 Å². The molecule has 2 atom stereocenters. The molecule has 0 radical (unpaired) electrons. The lowest BCUT2D eigenvalue weighted by molar-refractivity contribution is -0.133. The van der Waals surface area contributed by atoms with E-state index in [0.717, 1.165) is 0 Å². The minimum Gasteiger partial charge on any atom is -0.486 e. The molecule has 0 fully saturated rings.